The molecule has 2 unspecified atom stereocenters. The minimum absolute atomic E-state index is 0.368. The number of ether oxygens (including phenoxy) is 1. The molecule has 22 heavy (non-hydrogen) atoms. The van der Waals surface area contributed by atoms with Crippen LogP contribution in [-0.4, -0.2) is 39.7 Å². The minimum atomic E-state index is -5.06. The van der Waals surface area contributed by atoms with Crippen LogP contribution in [0.15, 0.2) is 18.2 Å². The summed E-state index contributed by atoms with van der Waals surface area (Å²) in [6.45, 7) is 0. The number of rotatable bonds is 6. The Morgan fingerprint density at radius 3 is 2.27 bits per heavy atom. The van der Waals surface area contributed by atoms with Crippen molar-refractivity contribution in [2.24, 2.45) is 5.73 Å². The highest BCUT2D eigenvalue weighted by Gasteiger charge is 2.32. The van der Waals surface area contributed by atoms with Crippen LogP contribution in [0.25, 0.3) is 0 Å². The summed E-state index contributed by atoms with van der Waals surface area (Å²) in [5.74, 6) is -3.40. The van der Waals surface area contributed by atoms with E-state index < -0.39 is 48.2 Å². The number of halogens is 3. The lowest BCUT2D eigenvalue weighted by molar-refractivity contribution is -0.274. The van der Waals surface area contributed by atoms with Crippen molar-refractivity contribution < 1.29 is 42.8 Å². The zero-order valence-electron chi connectivity index (χ0n) is 10.9. The number of carboxylic acid groups (broad SMARTS) is 1. The first-order valence-electron chi connectivity index (χ1n) is 5.78. The number of amides is 1. The van der Waals surface area contributed by atoms with Gasteiger partial charge in [0.15, 0.2) is 0 Å². The van der Waals surface area contributed by atoms with Crippen LogP contribution >= 0.6 is 0 Å². The number of aliphatic hydroxyl groups is 2. The molecule has 2 atom stereocenters. The van der Waals surface area contributed by atoms with E-state index in [0.29, 0.717) is 12.1 Å². The number of alkyl halides is 3. The molecule has 0 aliphatic carbocycles. The summed E-state index contributed by atoms with van der Waals surface area (Å²) in [6.07, 6.45) is -9.25. The van der Waals surface area contributed by atoms with Crippen LogP contribution in [0.4, 0.5) is 13.2 Å². The molecule has 1 rings (SSSR count). The molecule has 0 bridgehead atoms. The van der Waals surface area contributed by atoms with Gasteiger partial charge in [-0.2, -0.15) is 0 Å². The molecule has 10 heteroatoms. The van der Waals surface area contributed by atoms with Gasteiger partial charge in [-0.05, 0) is 23.8 Å². The molecule has 0 fully saturated rings. The van der Waals surface area contributed by atoms with Crippen molar-refractivity contribution >= 4 is 11.9 Å². The van der Waals surface area contributed by atoms with Gasteiger partial charge in [0.05, 0.1) is 18.1 Å². The molecule has 1 amide bonds. The summed E-state index contributed by atoms with van der Waals surface area (Å²) >= 11 is 0. The zero-order chi connectivity index (χ0) is 17.1. The first-order chi connectivity index (χ1) is 9.99. The molecule has 0 aliphatic rings. The number of hydrogen-bond acceptors (Lipinski definition) is 5. The lowest BCUT2D eigenvalue weighted by Gasteiger charge is -2.18. The Kier molecular flexibility index (Phi) is 5.33. The van der Waals surface area contributed by atoms with Crippen molar-refractivity contribution in [3.63, 3.8) is 0 Å². The zero-order valence-corrected chi connectivity index (χ0v) is 10.9. The second-order valence-electron chi connectivity index (χ2n) is 4.33. The smallest absolute Gasteiger partial charge is 0.478 e. The predicted molar refractivity (Wildman–Crippen MR) is 64.9 cm³/mol. The van der Waals surface area contributed by atoms with E-state index >= 15 is 0 Å². The third-order valence-corrected chi connectivity index (χ3v) is 2.53. The van der Waals surface area contributed by atoms with E-state index in [2.05, 4.69) is 4.74 Å². The topological polar surface area (TPSA) is 130 Å². The van der Waals surface area contributed by atoms with E-state index in [9.17, 15) is 33.0 Å². The predicted octanol–water partition coefficient (Wildman–Crippen LogP) is 0.553. The Labute approximate surface area is 121 Å². The Bertz CT molecular complexity index is 574. The molecule has 122 valence electrons. The monoisotopic (exact) mass is 323 g/mol. The highest BCUT2D eigenvalue weighted by atomic mass is 19.4. The van der Waals surface area contributed by atoms with Gasteiger partial charge in [-0.25, -0.2) is 4.79 Å². The van der Waals surface area contributed by atoms with Crippen molar-refractivity contribution in [3.05, 3.63) is 29.3 Å². The molecule has 1 aromatic rings. The number of aliphatic hydroxyl groups excluding tert-OH is 2. The van der Waals surface area contributed by atoms with E-state index in [0.717, 1.165) is 6.07 Å². The van der Waals surface area contributed by atoms with Crippen LogP contribution < -0.4 is 10.5 Å². The Balaban J connectivity index is 3.17. The summed E-state index contributed by atoms with van der Waals surface area (Å²) in [5, 5.41) is 28.2. The van der Waals surface area contributed by atoms with Crippen LogP contribution in [0.5, 0.6) is 5.75 Å². The maximum atomic E-state index is 12.2. The number of hydrogen-bond donors (Lipinski definition) is 4. The van der Waals surface area contributed by atoms with Crippen molar-refractivity contribution in [2.45, 2.75) is 25.0 Å². The van der Waals surface area contributed by atoms with E-state index in [4.69, 9.17) is 10.8 Å². The molecule has 0 saturated heterocycles. The van der Waals surface area contributed by atoms with Gasteiger partial charge >= 0.3 is 12.3 Å². The summed E-state index contributed by atoms with van der Waals surface area (Å²) < 4.78 is 40.2. The summed E-state index contributed by atoms with van der Waals surface area (Å²) in [7, 11) is 0. The number of carbonyl (C=O) groups is 2. The van der Waals surface area contributed by atoms with Crippen LogP contribution in [0.2, 0.25) is 0 Å². The largest absolute Gasteiger partial charge is 0.573 e. The molecule has 0 spiro atoms. The SMILES string of the molecule is NC(=O)CC(O)C(O)c1cc(OC(F)(F)F)cc(C(=O)O)c1. The van der Waals surface area contributed by atoms with Crippen LogP contribution in [-0.2, 0) is 4.79 Å². The van der Waals surface area contributed by atoms with E-state index in [-0.39, 0.29) is 5.56 Å². The molecule has 0 saturated carbocycles. The first kappa shape index (κ1) is 17.7. The Morgan fingerprint density at radius 1 is 1.23 bits per heavy atom. The summed E-state index contributed by atoms with van der Waals surface area (Å²) in [4.78, 5) is 21.5. The fourth-order valence-electron chi connectivity index (χ4n) is 1.65. The maximum absolute atomic E-state index is 12.2. The van der Waals surface area contributed by atoms with E-state index in [1.165, 1.54) is 0 Å². The average Bonchev–Trinajstić information content (AvgIpc) is 2.34. The van der Waals surface area contributed by atoms with E-state index in [1.807, 2.05) is 0 Å². The number of carboxylic acids is 1. The van der Waals surface area contributed by atoms with Gasteiger partial charge < -0.3 is 25.8 Å². The third kappa shape index (κ3) is 5.22. The number of aromatic carboxylic acids is 1. The van der Waals surface area contributed by atoms with Crippen molar-refractivity contribution in [1.29, 1.82) is 0 Å². The van der Waals surface area contributed by atoms with Gasteiger partial charge in [-0.3, -0.25) is 4.79 Å². The Hall–Kier alpha value is -2.33. The van der Waals surface area contributed by atoms with Crippen molar-refractivity contribution in [1.82, 2.24) is 0 Å². The molecule has 1 aromatic carbocycles. The lowest BCUT2D eigenvalue weighted by Crippen LogP contribution is -2.26. The van der Waals surface area contributed by atoms with Gasteiger partial charge in [-0.15, -0.1) is 13.2 Å². The lowest BCUT2D eigenvalue weighted by atomic mass is 9.99. The second-order valence-corrected chi connectivity index (χ2v) is 4.33. The van der Waals surface area contributed by atoms with Gasteiger partial charge in [0, 0.05) is 0 Å². The fraction of sp³-hybridized carbons (Fsp3) is 0.333. The number of nitrogens with two attached hydrogens (primary N) is 1. The average molecular weight is 323 g/mol. The van der Waals surface area contributed by atoms with Crippen LogP contribution in [0, 0.1) is 0 Å². The van der Waals surface area contributed by atoms with Gasteiger partial charge in [0.2, 0.25) is 5.91 Å². The first-order valence-corrected chi connectivity index (χ1v) is 5.78. The van der Waals surface area contributed by atoms with E-state index in [1.54, 1.807) is 0 Å². The highest BCUT2D eigenvalue weighted by molar-refractivity contribution is 5.88. The minimum Gasteiger partial charge on any atom is -0.478 e. The quantitative estimate of drug-likeness (QED) is 0.605. The number of benzene rings is 1. The summed E-state index contributed by atoms with van der Waals surface area (Å²) in [5.41, 5.74) is 3.86. The number of primary amides is 1. The summed E-state index contributed by atoms with van der Waals surface area (Å²) in [6, 6.07) is 2.15. The van der Waals surface area contributed by atoms with Crippen molar-refractivity contribution in [2.75, 3.05) is 0 Å². The van der Waals surface area contributed by atoms with Crippen LogP contribution in [0.3, 0.4) is 0 Å². The Morgan fingerprint density at radius 2 is 1.82 bits per heavy atom. The van der Waals surface area contributed by atoms with Gasteiger partial charge in [0.1, 0.15) is 11.9 Å². The van der Waals surface area contributed by atoms with Crippen molar-refractivity contribution in [3.8, 4) is 5.75 Å². The molecule has 0 aromatic heterocycles. The molecular weight excluding hydrogens is 311 g/mol. The molecule has 7 nitrogen and oxygen atoms in total. The van der Waals surface area contributed by atoms with Gasteiger partial charge in [0.25, 0.3) is 0 Å². The maximum Gasteiger partial charge on any atom is 0.573 e. The number of carbonyl (C=O) groups excluding carboxylic acids is 1. The molecule has 0 heterocycles. The standard InChI is InChI=1S/C12H12F3NO6/c13-12(14,15)22-7-2-5(1-6(3-7)11(20)21)10(19)8(17)4-9(16)18/h1-3,8,10,17,19H,4H2,(H2,16,18)(H,20,21). The van der Waals surface area contributed by atoms with Gasteiger partial charge in [-0.1, -0.05) is 0 Å². The van der Waals surface area contributed by atoms with Crippen LogP contribution in [0.1, 0.15) is 28.4 Å². The molecule has 0 aliphatic heterocycles. The fourth-order valence-corrected chi connectivity index (χ4v) is 1.65. The second kappa shape index (κ2) is 6.62. The molecular formula is C12H12F3NO6. The highest BCUT2D eigenvalue weighted by Crippen LogP contribution is 2.29. The third-order valence-electron chi connectivity index (χ3n) is 2.53. The normalized spacial score (nSPS) is 14.2. The molecule has 5 N–H and O–H groups in total. The molecule has 0 radical (unpaired) electrons.